The quantitative estimate of drug-likeness (QED) is 0.303. The van der Waals surface area contributed by atoms with E-state index in [2.05, 4.69) is 4.98 Å². The predicted octanol–water partition coefficient (Wildman–Crippen LogP) is 4.86. The highest BCUT2D eigenvalue weighted by Crippen LogP contribution is 2.30. The molecule has 3 aromatic heterocycles. The lowest BCUT2D eigenvalue weighted by Gasteiger charge is -2.20. The zero-order valence-electron chi connectivity index (χ0n) is 18.6. The maximum Gasteiger partial charge on any atom is 0.272 e. The zero-order valence-corrected chi connectivity index (χ0v) is 20.3. The summed E-state index contributed by atoms with van der Waals surface area (Å²) in [6.07, 6.45) is 6.23. The third-order valence-electron chi connectivity index (χ3n) is 6.06. The summed E-state index contributed by atoms with van der Waals surface area (Å²) in [6, 6.07) is 12.0. The number of hydrogen-bond acceptors (Lipinski definition) is 6. The van der Waals surface area contributed by atoms with Crippen LogP contribution < -0.4 is 5.56 Å². The normalized spacial score (nSPS) is 14.6. The SMILES string of the molecule is Cc1ccc(Cn2c(SCC(=O)N3CCCCCC3)nc3c(sc4ncccc43)c2=O)cc1. The minimum absolute atomic E-state index is 0.0757. The Kier molecular flexibility index (Phi) is 6.46. The van der Waals surface area contributed by atoms with Crippen LogP contribution in [0.3, 0.4) is 0 Å². The van der Waals surface area contributed by atoms with Gasteiger partial charge in [-0.05, 0) is 37.5 Å². The molecule has 0 atom stereocenters. The van der Waals surface area contributed by atoms with Crippen molar-refractivity contribution in [3.63, 3.8) is 0 Å². The third kappa shape index (κ3) is 4.68. The molecule has 0 N–H and O–H groups in total. The molecule has 1 amide bonds. The second-order valence-electron chi connectivity index (χ2n) is 8.49. The van der Waals surface area contributed by atoms with Crippen LogP contribution in [-0.4, -0.2) is 44.2 Å². The van der Waals surface area contributed by atoms with Crippen molar-refractivity contribution in [2.75, 3.05) is 18.8 Å². The van der Waals surface area contributed by atoms with Crippen LogP contribution in [0.25, 0.3) is 20.4 Å². The van der Waals surface area contributed by atoms with Gasteiger partial charge in [0.15, 0.2) is 5.16 Å². The van der Waals surface area contributed by atoms with E-state index in [1.807, 2.05) is 48.2 Å². The van der Waals surface area contributed by atoms with E-state index in [4.69, 9.17) is 4.98 Å². The standard InChI is InChI=1S/C25H26N4O2S2/c1-17-8-10-18(11-9-17)15-29-24(31)22-21(19-7-6-12-26-23(19)33-22)27-25(29)32-16-20(30)28-13-4-2-3-5-14-28/h6-12H,2-5,13-16H2,1H3. The lowest BCUT2D eigenvalue weighted by atomic mass is 10.1. The van der Waals surface area contributed by atoms with Crippen LogP contribution in [0.2, 0.25) is 0 Å². The Morgan fingerprint density at radius 2 is 1.85 bits per heavy atom. The molecule has 4 aromatic rings. The molecule has 0 bridgehead atoms. The smallest absolute Gasteiger partial charge is 0.272 e. The predicted molar refractivity (Wildman–Crippen MR) is 135 cm³/mol. The van der Waals surface area contributed by atoms with Crippen molar-refractivity contribution >= 4 is 49.4 Å². The molecule has 1 aromatic carbocycles. The number of rotatable bonds is 5. The molecule has 1 aliphatic heterocycles. The number of carbonyl (C=O) groups is 1. The van der Waals surface area contributed by atoms with Crippen molar-refractivity contribution in [3.05, 3.63) is 64.1 Å². The molecule has 0 aliphatic carbocycles. The number of amides is 1. The van der Waals surface area contributed by atoms with Crippen LogP contribution in [0.1, 0.15) is 36.8 Å². The van der Waals surface area contributed by atoms with Gasteiger partial charge in [-0.25, -0.2) is 9.97 Å². The number of aryl methyl sites for hydroxylation is 1. The zero-order chi connectivity index (χ0) is 22.8. The van der Waals surface area contributed by atoms with Crippen LogP contribution in [0.5, 0.6) is 0 Å². The van der Waals surface area contributed by atoms with Crippen molar-refractivity contribution in [1.82, 2.24) is 19.4 Å². The third-order valence-corrected chi connectivity index (χ3v) is 8.11. The van der Waals surface area contributed by atoms with E-state index < -0.39 is 0 Å². The molecule has 1 aliphatic rings. The average Bonchev–Trinajstić information content (AvgIpc) is 3.00. The highest BCUT2D eigenvalue weighted by Gasteiger charge is 2.20. The van der Waals surface area contributed by atoms with Crippen molar-refractivity contribution in [3.8, 4) is 0 Å². The first-order valence-electron chi connectivity index (χ1n) is 11.3. The molecule has 8 heteroatoms. The van der Waals surface area contributed by atoms with Gasteiger partial charge in [0.05, 0.1) is 17.8 Å². The Labute approximate surface area is 200 Å². The monoisotopic (exact) mass is 478 g/mol. The Morgan fingerprint density at radius 1 is 1.09 bits per heavy atom. The average molecular weight is 479 g/mol. The van der Waals surface area contributed by atoms with E-state index in [0.717, 1.165) is 41.7 Å². The van der Waals surface area contributed by atoms with Gasteiger partial charge in [0.1, 0.15) is 9.53 Å². The van der Waals surface area contributed by atoms with E-state index in [-0.39, 0.29) is 17.2 Å². The second-order valence-corrected chi connectivity index (χ2v) is 10.4. The van der Waals surface area contributed by atoms with Crippen molar-refractivity contribution in [1.29, 1.82) is 0 Å². The Bertz CT molecular complexity index is 1350. The molecule has 1 fully saturated rings. The van der Waals surface area contributed by atoms with Gasteiger partial charge in [-0.15, -0.1) is 11.3 Å². The fourth-order valence-corrected chi connectivity index (χ4v) is 6.13. The molecule has 4 heterocycles. The van der Waals surface area contributed by atoms with Gasteiger partial charge < -0.3 is 4.90 Å². The number of carbonyl (C=O) groups excluding carboxylic acids is 1. The highest BCUT2D eigenvalue weighted by atomic mass is 32.2. The van der Waals surface area contributed by atoms with Gasteiger partial charge >= 0.3 is 0 Å². The number of fused-ring (bicyclic) bond motifs is 3. The van der Waals surface area contributed by atoms with Crippen molar-refractivity contribution in [2.45, 2.75) is 44.3 Å². The summed E-state index contributed by atoms with van der Waals surface area (Å²) in [7, 11) is 0. The van der Waals surface area contributed by atoms with Crippen LogP contribution in [-0.2, 0) is 11.3 Å². The number of likely N-dealkylation sites (tertiary alicyclic amines) is 1. The Hall–Kier alpha value is -2.71. The number of pyridine rings is 1. The van der Waals surface area contributed by atoms with Crippen LogP contribution >= 0.6 is 23.1 Å². The van der Waals surface area contributed by atoms with Crippen molar-refractivity contribution < 1.29 is 4.79 Å². The molecule has 0 saturated carbocycles. The number of hydrogen-bond donors (Lipinski definition) is 0. The topological polar surface area (TPSA) is 68.1 Å². The molecule has 170 valence electrons. The van der Waals surface area contributed by atoms with Gasteiger partial charge in [0, 0.05) is 24.7 Å². The molecule has 33 heavy (non-hydrogen) atoms. The maximum absolute atomic E-state index is 13.6. The number of thioether (sulfide) groups is 1. The lowest BCUT2D eigenvalue weighted by Crippen LogP contribution is -2.33. The lowest BCUT2D eigenvalue weighted by molar-refractivity contribution is -0.128. The van der Waals surface area contributed by atoms with Gasteiger partial charge in [-0.1, -0.05) is 54.4 Å². The number of thiophene rings is 1. The number of benzene rings is 1. The van der Waals surface area contributed by atoms with Gasteiger partial charge in [-0.3, -0.25) is 14.2 Å². The van der Waals surface area contributed by atoms with E-state index in [9.17, 15) is 9.59 Å². The Balaban J connectivity index is 1.52. The summed E-state index contributed by atoms with van der Waals surface area (Å²) < 4.78 is 2.32. The number of nitrogens with zero attached hydrogens (tertiary/aromatic N) is 4. The summed E-state index contributed by atoms with van der Waals surface area (Å²) in [6.45, 7) is 4.11. The summed E-state index contributed by atoms with van der Waals surface area (Å²) in [5.41, 5.74) is 2.81. The van der Waals surface area contributed by atoms with E-state index in [1.165, 1.54) is 41.5 Å². The number of aromatic nitrogens is 3. The van der Waals surface area contributed by atoms with E-state index in [1.54, 1.807) is 10.8 Å². The summed E-state index contributed by atoms with van der Waals surface area (Å²) in [5, 5.41) is 1.47. The first kappa shape index (κ1) is 22.1. The van der Waals surface area contributed by atoms with Crippen LogP contribution in [0.15, 0.2) is 52.5 Å². The van der Waals surface area contributed by atoms with Gasteiger partial charge in [0.25, 0.3) is 5.56 Å². The van der Waals surface area contributed by atoms with Crippen LogP contribution in [0.4, 0.5) is 0 Å². The summed E-state index contributed by atoms with van der Waals surface area (Å²) in [4.78, 5) is 38.6. The largest absolute Gasteiger partial charge is 0.342 e. The highest BCUT2D eigenvalue weighted by molar-refractivity contribution is 7.99. The maximum atomic E-state index is 13.6. The fourth-order valence-electron chi connectivity index (χ4n) is 4.20. The second kappa shape index (κ2) is 9.65. The first-order chi connectivity index (χ1) is 16.1. The molecule has 1 saturated heterocycles. The van der Waals surface area contributed by atoms with Gasteiger partial charge in [-0.2, -0.15) is 0 Å². The molecular weight excluding hydrogens is 452 g/mol. The fraction of sp³-hybridized carbons (Fsp3) is 0.360. The Morgan fingerprint density at radius 3 is 2.61 bits per heavy atom. The molecule has 5 rings (SSSR count). The van der Waals surface area contributed by atoms with E-state index in [0.29, 0.717) is 21.9 Å². The van der Waals surface area contributed by atoms with Gasteiger partial charge in [0.2, 0.25) is 5.91 Å². The van der Waals surface area contributed by atoms with Crippen LogP contribution in [0, 0.1) is 6.92 Å². The molecule has 6 nitrogen and oxygen atoms in total. The minimum atomic E-state index is -0.0757. The summed E-state index contributed by atoms with van der Waals surface area (Å²) in [5.74, 6) is 0.404. The molecule has 0 unspecified atom stereocenters. The first-order valence-corrected chi connectivity index (χ1v) is 13.1. The molecular formula is C25H26N4O2S2. The van der Waals surface area contributed by atoms with Crippen molar-refractivity contribution in [2.24, 2.45) is 0 Å². The molecule has 0 spiro atoms. The molecule has 0 radical (unpaired) electrons. The minimum Gasteiger partial charge on any atom is -0.342 e. The summed E-state index contributed by atoms with van der Waals surface area (Å²) >= 11 is 2.75. The van der Waals surface area contributed by atoms with E-state index >= 15 is 0 Å².